The van der Waals surface area contributed by atoms with Crippen molar-refractivity contribution in [1.82, 2.24) is 4.98 Å². The molecule has 0 bridgehead atoms. The molecule has 1 N–H and O–H groups in total. The highest BCUT2D eigenvalue weighted by atomic mass is 16.5. The first-order chi connectivity index (χ1) is 16.0. The maximum atomic E-state index is 6.35. The van der Waals surface area contributed by atoms with Gasteiger partial charge in [0.15, 0.2) is 0 Å². The van der Waals surface area contributed by atoms with Gasteiger partial charge in [-0.15, -0.1) is 0 Å². The number of ether oxygens (including phenoxy) is 2. The molecule has 1 aromatic heterocycles. The zero-order chi connectivity index (χ0) is 22.9. The van der Waals surface area contributed by atoms with E-state index in [0.29, 0.717) is 0 Å². The summed E-state index contributed by atoms with van der Waals surface area (Å²) in [4.78, 5) is 4.65. The largest absolute Gasteiger partial charge is 0.497 e. The van der Waals surface area contributed by atoms with Gasteiger partial charge in [-0.25, -0.2) is 0 Å². The molecule has 0 atom stereocenters. The maximum absolute atomic E-state index is 6.35. The Morgan fingerprint density at radius 1 is 0.697 bits per heavy atom. The molecule has 4 nitrogen and oxygen atoms in total. The van der Waals surface area contributed by atoms with Crippen LogP contribution in [0.1, 0.15) is 16.8 Å². The fraction of sp³-hybridized carbons (Fsp3) is 0.138. The van der Waals surface area contributed by atoms with Crippen molar-refractivity contribution < 1.29 is 9.47 Å². The van der Waals surface area contributed by atoms with Gasteiger partial charge < -0.3 is 14.8 Å². The molecular weight excluding hydrogens is 408 g/mol. The minimum Gasteiger partial charge on any atom is -0.497 e. The van der Waals surface area contributed by atoms with Crippen LogP contribution >= 0.6 is 0 Å². The van der Waals surface area contributed by atoms with Gasteiger partial charge in [0, 0.05) is 27.8 Å². The van der Waals surface area contributed by atoms with Crippen LogP contribution in [0.3, 0.4) is 0 Å². The van der Waals surface area contributed by atoms with Crippen molar-refractivity contribution in [2.75, 3.05) is 12.4 Å². The first-order valence-electron chi connectivity index (χ1n) is 11.0. The van der Waals surface area contributed by atoms with Gasteiger partial charge in [-0.05, 0) is 85.8 Å². The number of pyridine rings is 1. The predicted octanol–water partition coefficient (Wildman–Crippen LogP) is 7.86. The molecular formula is C29H26N2O2. The minimum absolute atomic E-state index is 0.807. The SMILES string of the molecule is COc1ccc2nc(C)cc(Nc3ccc(Oc4ccc(C)c5ccccc45)c(C)c3)c2c1. The molecule has 0 radical (unpaired) electrons. The molecule has 0 saturated carbocycles. The molecule has 4 heteroatoms. The molecule has 0 aliphatic carbocycles. The summed E-state index contributed by atoms with van der Waals surface area (Å²) in [5.74, 6) is 2.51. The van der Waals surface area contributed by atoms with E-state index in [1.165, 1.54) is 10.9 Å². The number of hydrogen-bond acceptors (Lipinski definition) is 4. The Bertz CT molecular complexity index is 1490. The van der Waals surface area contributed by atoms with Crippen LogP contribution in [0.2, 0.25) is 0 Å². The number of anilines is 2. The van der Waals surface area contributed by atoms with Gasteiger partial charge in [-0.2, -0.15) is 0 Å². The summed E-state index contributed by atoms with van der Waals surface area (Å²) in [7, 11) is 1.68. The molecule has 164 valence electrons. The smallest absolute Gasteiger partial charge is 0.135 e. The number of benzene rings is 4. The molecule has 33 heavy (non-hydrogen) atoms. The molecule has 0 fully saturated rings. The summed E-state index contributed by atoms with van der Waals surface area (Å²) in [6.07, 6.45) is 0. The zero-order valence-electron chi connectivity index (χ0n) is 19.3. The lowest BCUT2D eigenvalue weighted by Gasteiger charge is -2.15. The van der Waals surface area contributed by atoms with Crippen LogP contribution in [-0.2, 0) is 0 Å². The van der Waals surface area contributed by atoms with E-state index >= 15 is 0 Å². The van der Waals surface area contributed by atoms with Crippen molar-refractivity contribution in [2.45, 2.75) is 20.8 Å². The van der Waals surface area contributed by atoms with Gasteiger partial charge in [0.1, 0.15) is 17.2 Å². The summed E-state index contributed by atoms with van der Waals surface area (Å²) in [6, 6.07) is 26.6. The summed E-state index contributed by atoms with van der Waals surface area (Å²) < 4.78 is 11.8. The van der Waals surface area contributed by atoms with Crippen molar-refractivity contribution in [2.24, 2.45) is 0 Å². The zero-order valence-corrected chi connectivity index (χ0v) is 19.3. The summed E-state index contributed by atoms with van der Waals surface area (Å²) in [5.41, 5.74) is 6.17. The Balaban J connectivity index is 1.47. The quantitative estimate of drug-likeness (QED) is 0.306. The average molecular weight is 435 g/mol. The number of methoxy groups -OCH3 is 1. The number of aromatic nitrogens is 1. The molecule has 0 aliphatic heterocycles. The van der Waals surface area contributed by atoms with Gasteiger partial charge in [0.25, 0.3) is 0 Å². The van der Waals surface area contributed by atoms with Crippen molar-refractivity contribution in [1.29, 1.82) is 0 Å². The molecule has 0 spiro atoms. The number of fused-ring (bicyclic) bond motifs is 2. The van der Waals surface area contributed by atoms with Crippen LogP contribution in [0, 0.1) is 20.8 Å². The first kappa shape index (κ1) is 20.8. The first-order valence-corrected chi connectivity index (χ1v) is 11.0. The third-order valence-corrected chi connectivity index (χ3v) is 5.92. The molecule has 4 aromatic carbocycles. The second kappa shape index (κ2) is 8.47. The molecule has 5 rings (SSSR count). The van der Waals surface area contributed by atoms with E-state index in [4.69, 9.17) is 9.47 Å². The highest BCUT2D eigenvalue weighted by Gasteiger charge is 2.10. The van der Waals surface area contributed by atoms with E-state index in [0.717, 1.165) is 56.2 Å². The van der Waals surface area contributed by atoms with Crippen LogP contribution in [0.15, 0.2) is 78.9 Å². The normalized spacial score (nSPS) is 11.0. The van der Waals surface area contributed by atoms with E-state index in [-0.39, 0.29) is 0 Å². The molecule has 5 aromatic rings. The molecule has 1 heterocycles. The predicted molar refractivity (Wildman–Crippen MR) is 136 cm³/mol. The van der Waals surface area contributed by atoms with Crippen molar-refractivity contribution in [3.8, 4) is 17.2 Å². The van der Waals surface area contributed by atoms with Gasteiger partial charge in [0.05, 0.1) is 12.6 Å². The second-order valence-electron chi connectivity index (χ2n) is 8.33. The standard InChI is InChI=1S/C29H26N2O2/c1-18-9-13-29(24-8-6-5-7-23(18)24)33-28-14-10-21(15-19(28)2)31-27-16-20(3)30-26-12-11-22(32-4)17-25(26)27/h5-17H,1-4H3,(H,30,31). The van der Waals surface area contributed by atoms with Gasteiger partial charge in [-0.3, -0.25) is 4.98 Å². The fourth-order valence-electron chi connectivity index (χ4n) is 4.19. The number of aryl methyl sites for hydroxylation is 3. The third-order valence-electron chi connectivity index (χ3n) is 5.92. The van der Waals surface area contributed by atoms with Crippen LogP contribution in [0.25, 0.3) is 21.7 Å². The summed E-state index contributed by atoms with van der Waals surface area (Å²) >= 11 is 0. The number of hydrogen-bond donors (Lipinski definition) is 1. The monoisotopic (exact) mass is 434 g/mol. The Hall–Kier alpha value is -4.05. The van der Waals surface area contributed by atoms with Crippen molar-refractivity contribution in [3.05, 3.63) is 95.7 Å². The topological polar surface area (TPSA) is 43.4 Å². The Labute approximate surface area is 193 Å². The number of nitrogens with zero attached hydrogens (tertiary/aromatic N) is 1. The molecule has 0 unspecified atom stereocenters. The van der Waals surface area contributed by atoms with Crippen molar-refractivity contribution >= 4 is 33.1 Å². The molecule has 0 amide bonds. The highest BCUT2D eigenvalue weighted by Crippen LogP contribution is 2.35. The third kappa shape index (κ3) is 4.08. The highest BCUT2D eigenvalue weighted by molar-refractivity contribution is 5.94. The lowest BCUT2D eigenvalue weighted by atomic mass is 10.0. The maximum Gasteiger partial charge on any atom is 0.135 e. The summed E-state index contributed by atoms with van der Waals surface area (Å²) in [5, 5.41) is 6.90. The summed E-state index contributed by atoms with van der Waals surface area (Å²) in [6.45, 7) is 6.19. The van der Waals surface area contributed by atoms with E-state index < -0.39 is 0 Å². The van der Waals surface area contributed by atoms with Crippen LogP contribution in [-0.4, -0.2) is 12.1 Å². The Kier molecular flexibility index (Phi) is 5.35. The van der Waals surface area contributed by atoms with E-state index in [9.17, 15) is 0 Å². The van der Waals surface area contributed by atoms with Crippen LogP contribution in [0.5, 0.6) is 17.2 Å². The number of nitrogens with one attached hydrogen (secondary N) is 1. The Morgan fingerprint density at radius 3 is 2.27 bits per heavy atom. The van der Waals surface area contributed by atoms with Crippen LogP contribution < -0.4 is 14.8 Å². The Morgan fingerprint density at radius 2 is 1.48 bits per heavy atom. The van der Waals surface area contributed by atoms with Crippen LogP contribution in [0.4, 0.5) is 11.4 Å². The van der Waals surface area contributed by atoms with Crippen molar-refractivity contribution in [3.63, 3.8) is 0 Å². The number of rotatable bonds is 5. The lowest BCUT2D eigenvalue weighted by molar-refractivity contribution is 0.415. The van der Waals surface area contributed by atoms with Gasteiger partial charge >= 0.3 is 0 Å². The molecule has 0 aliphatic rings. The average Bonchev–Trinajstić information content (AvgIpc) is 2.82. The lowest BCUT2D eigenvalue weighted by Crippen LogP contribution is -1.97. The van der Waals surface area contributed by atoms with E-state index in [2.05, 4.69) is 60.5 Å². The second-order valence-corrected chi connectivity index (χ2v) is 8.33. The molecule has 0 saturated heterocycles. The van der Waals surface area contributed by atoms with Gasteiger partial charge in [0.2, 0.25) is 0 Å². The van der Waals surface area contributed by atoms with E-state index in [1.54, 1.807) is 7.11 Å². The van der Waals surface area contributed by atoms with E-state index in [1.807, 2.05) is 49.4 Å². The minimum atomic E-state index is 0.807. The fourth-order valence-corrected chi connectivity index (χ4v) is 4.19. The van der Waals surface area contributed by atoms with Gasteiger partial charge in [-0.1, -0.05) is 30.3 Å².